The number of nitrogens with zero attached hydrogens (tertiary/aromatic N) is 2. The molecular formula is C22H16ClF3N4O2. The molecule has 4 aromatic rings. The molecule has 2 N–H and O–H groups in total. The van der Waals surface area contributed by atoms with Crippen molar-refractivity contribution in [1.29, 1.82) is 0 Å². The maximum Gasteiger partial charge on any atom is 0.435 e. The Bertz CT molecular complexity index is 1370. The van der Waals surface area contributed by atoms with Crippen LogP contribution in [0.1, 0.15) is 19.0 Å². The van der Waals surface area contributed by atoms with Crippen LogP contribution in [0.15, 0.2) is 59.4 Å². The number of halogens is 4. The first-order chi connectivity index (χ1) is 15.2. The maximum absolute atomic E-state index is 13.8. The number of aromatic nitrogens is 3. The van der Waals surface area contributed by atoms with Gasteiger partial charge in [-0.2, -0.15) is 22.8 Å². The van der Waals surface area contributed by atoms with Crippen LogP contribution >= 0.6 is 11.6 Å². The molecule has 164 valence electrons. The molecule has 0 spiro atoms. The van der Waals surface area contributed by atoms with E-state index in [9.17, 15) is 22.8 Å². The van der Waals surface area contributed by atoms with Gasteiger partial charge in [0.2, 0.25) is 5.91 Å². The van der Waals surface area contributed by atoms with Crippen LogP contribution in [0.5, 0.6) is 0 Å². The zero-order valence-corrected chi connectivity index (χ0v) is 17.4. The Labute approximate surface area is 184 Å². The Balaban J connectivity index is 1.94. The fourth-order valence-electron chi connectivity index (χ4n) is 3.30. The van der Waals surface area contributed by atoms with Gasteiger partial charge in [0.1, 0.15) is 5.65 Å². The number of hydrogen-bond acceptors (Lipinski definition) is 3. The van der Waals surface area contributed by atoms with Crippen LogP contribution in [0.3, 0.4) is 0 Å². The molecule has 32 heavy (non-hydrogen) atoms. The van der Waals surface area contributed by atoms with Crippen molar-refractivity contribution in [3.8, 4) is 22.4 Å². The van der Waals surface area contributed by atoms with Crippen LogP contribution in [-0.2, 0) is 11.0 Å². The molecule has 0 atom stereocenters. The molecule has 1 amide bonds. The third kappa shape index (κ3) is 4.11. The normalized spacial score (nSPS) is 11.7. The van der Waals surface area contributed by atoms with Crippen molar-refractivity contribution in [2.75, 3.05) is 5.32 Å². The van der Waals surface area contributed by atoms with E-state index in [0.717, 1.165) is 6.07 Å². The van der Waals surface area contributed by atoms with Gasteiger partial charge in [0, 0.05) is 28.8 Å². The number of anilines is 1. The minimum atomic E-state index is -4.79. The van der Waals surface area contributed by atoms with Crippen LogP contribution in [-0.4, -0.2) is 20.5 Å². The SMILES string of the molecule is CCC(=O)Nc1cccc(-c2cc(=O)n3nc(C(F)(F)F)c(-c4ccc(Cl)cc4)c3[nH]2)c1. The summed E-state index contributed by atoms with van der Waals surface area (Å²) in [5.74, 6) is -0.193. The summed E-state index contributed by atoms with van der Waals surface area (Å²) in [6, 6.07) is 13.6. The first-order valence-electron chi connectivity index (χ1n) is 9.57. The molecule has 0 aliphatic carbocycles. The number of aromatic amines is 1. The average molecular weight is 461 g/mol. The topological polar surface area (TPSA) is 79.3 Å². The van der Waals surface area contributed by atoms with E-state index in [1.165, 1.54) is 24.3 Å². The number of H-pyrrole nitrogens is 1. The lowest BCUT2D eigenvalue weighted by molar-refractivity contribution is -0.140. The van der Waals surface area contributed by atoms with E-state index in [1.807, 2.05) is 0 Å². The predicted molar refractivity (Wildman–Crippen MR) is 116 cm³/mol. The highest BCUT2D eigenvalue weighted by Crippen LogP contribution is 2.38. The van der Waals surface area contributed by atoms with Crippen molar-refractivity contribution in [3.63, 3.8) is 0 Å². The Morgan fingerprint density at radius 3 is 2.50 bits per heavy atom. The molecule has 0 bridgehead atoms. The molecule has 0 aliphatic heterocycles. The van der Waals surface area contributed by atoms with Gasteiger partial charge in [-0.3, -0.25) is 9.59 Å². The molecule has 10 heteroatoms. The van der Waals surface area contributed by atoms with E-state index in [0.29, 0.717) is 20.8 Å². The van der Waals surface area contributed by atoms with E-state index in [2.05, 4.69) is 15.4 Å². The second-order valence-corrected chi connectivity index (χ2v) is 7.43. The highest BCUT2D eigenvalue weighted by atomic mass is 35.5. The summed E-state index contributed by atoms with van der Waals surface area (Å²) < 4.78 is 42.0. The molecule has 0 saturated carbocycles. The highest BCUT2D eigenvalue weighted by Gasteiger charge is 2.39. The lowest BCUT2D eigenvalue weighted by Crippen LogP contribution is -2.15. The molecule has 0 fully saturated rings. The van der Waals surface area contributed by atoms with Crippen molar-refractivity contribution in [2.24, 2.45) is 0 Å². The first-order valence-corrected chi connectivity index (χ1v) is 9.94. The lowest BCUT2D eigenvalue weighted by atomic mass is 10.1. The van der Waals surface area contributed by atoms with Crippen molar-refractivity contribution in [2.45, 2.75) is 19.5 Å². The molecule has 2 heterocycles. The number of benzene rings is 2. The zero-order chi connectivity index (χ0) is 23.0. The van der Waals surface area contributed by atoms with E-state index >= 15 is 0 Å². The highest BCUT2D eigenvalue weighted by molar-refractivity contribution is 6.30. The standard InChI is InChI=1S/C22H16ClF3N4O2/c1-2-17(31)27-15-5-3-4-13(10-15)16-11-18(32)30-21(28-16)19(20(29-30)22(24,25)26)12-6-8-14(23)9-7-12/h3-11,28H,2H2,1H3,(H,27,31). The monoisotopic (exact) mass is 460 g/mol. The van der Waals surface area contributed by atoms with Gasteiger partial charge in [-0.25, -0.2) is 0 Å². The Morgan fingerprint density at radius 1 is 1.12 bits per heavy atom. The maximum atomic E-state index is 13.8. The average Bonchev–Trinajstić information content (AvgIpc) is 3.15. The number of hydrogen-bond donors (Lipinski definition) is 2. The quantitative estimate of drug-likeness (QED) is 0.429. The third-order valence-corrected chi connectivity index (χ3v) is 5.05. The van der Waals surface area contributed by atoms with E-state index in [4.69, 9.17) is 11.6 Å². The second-order valence-electron chi connectivity index (χ2n) is 6.99. The van der Waals surface area contributed by atoms with Gasteiger partial charge in [0.15, 0.2) is 5.69 Å². The van der Waals surface area contributed by atoms with Crippen molar-refractivity contribution in [3.05, 3.63) is 75.7 Å². The van der Waals surface area contributed by atoms with Gasteiger partial charge in [0.05, 0.1) is 11.3 Å². The summed E-state index contributed by atoms with van der Waals surface area (Å²) in [6.45, 7) is 1.71. The minimum Gasteiger partial charge on any atom is -0.339 e. The molecular weight excluding hydrogens is 445 g/mol. The van der Waals surface area contributed by atoms with Crippen LogP contribution < -0.4 is 10.9 Å². The molecule has 2 aromatic carbocycles. The predicted octanol–water partition coefficient (Wildman–Crippen LogP) is 5.38. The zero-order valence-electron chi connectivity index (χ0n) is 16.6. The number of carbonyl (C=O) groups excluding carboxylic acids is 1. The van der Waals surface area contributed by atoms with Gasteiger partial charge in [-0.15, -0.1) is 0 Å². The van der Waals surface area contributed by atoms with Gasteiger partial charge in [-0.05, 0) is 29.8 Å². The lowest BCUT2D eigenvalue weighted by Gasteiger charge is -2.09. The van der Waals surface area contributed by atoms with Crippen LogP contribution in [0.2, 0.25) is 5.02 Å². The van der Waals surface area contributed by atoms with Crippen molar-refractivity contribution < 1.29 is 18.0 Å². The van der Waals surface area contributed by atoms with Gasteiger partial charge >= 0.3 is 6.18 Å². The molecule has 0 radical (unpaired) electrons. The number of carbonyl (C=O) groups is 1. The van der Waals surface area contributed by atoms with Gasteiger partial charge < -0.3 is 10.3 Å². The number of fused-ring (bicyclic) bond motifs is 1. The molecule has 6 nitrogen and oxygen atoms in total. The summed E-state index contributed by atoms with van der Waals surface area (Å²) in [5, 5.41) is 6.61. The van der Waals surface area contributed by atoms with Crippen molar-refractivity contribution in [1.82, 2.24) is 14.6 Å². The summed E-state index contributed by atoms with van der Waals surface area (Å²) in [6.07, 6.45) is -4.50. The number of nitrogens with one attached hydrogen (secondary N) is 2. The van der Waals surface area contributed by atoms with Crippen LogP contribution in [0.25, 0.3) is 28.0 Å². The fraction of sp³-hybridized carbons (Fsp3) is 0.136. The van der Waals surface area contributed by atoms with Crippen LogP contribution in [0, 0.1) is 0 Å². The molecule has 4 rings (SSSR count). The molecule has 2 aromatic heterocycles. The Kier molecular flexibility index (Phi) is 5.52. The first kappa shape index (κ1) is 21.6. The van der Waals surface area contributed by atoms with Gasteiger partial charge in [0.25, 0.3) is 5.56 Å². The van der Waals surface area contributed by atoms with E-state index < -0.39 is 17.4 Å². The fourth-order valence-corrected chi connectivity index (χ4v) is 3.43. The smallest absolute Gasteiger partial charge is 0.339 e. The summed E-state index contributed by atoms with van der Waals surface area (Å²) in [7, 11) is 0. The van der Waals surface area contributed by atoms with Crippen LogP contribution in [0.4, 0.5) is 18.9 Å². The molecule has 0 aliphatic rings. The third-order valence-electron chi connectivity index (χ3n) is 4.79. The largest absolute Gasteiger partial charge is 0.435 e. The second kappa shape index (κ2) is 8.16. The van der Waals surface area contributed by atoms with Crippen molar-refractivity contribution >= 4 is 28.8 Å². The molecule has 0 saturated heterocycles. The summed E-state index contributed by atoms with van der Waals surface area (Å²) in [4.78, 5) is 27.3. The minimum absolute atomic E-state index is 0.106. The number of rotatable bonds is 4. The number of amides is 1. The van der Waals surface area contributed by atoms with E-state index in [-0.39, 0.29) is 34.8 Å². The Hall–Kier alpha value is -3.59. The van der Waals surface area contributed by atoms with E-state index in [1.54, 1.807) is 31.2 Å². The van der Waals surface area contributed by atoms with Gasteiger partial charge in [-0.1, -0.05) is 42.8 Å². The number of alkyl halides is 3. The summed E-state index contributed by atoms with van der Waals surface area (Å²) >= 11 is 5.88. The summed E-state index contributed by atoms with van der Waals surface area (Å²) in [5.41, 5.74) is -0.800. The molecule has 0 unspecified atom stereocenters. The Morgan fingerprint density at radius 2 is 1.84 bits per heavy atom.